The number of amides is 2. The molecule has 0 bridgehead atoms. The number of carbonyl (C=O) groups is 2. The molecule has 1 aliphatic heterocycles. The number of carbonyl (C=O) groups excluding carboxylic acids is 2. The first-order chi connectivity index (χ1) is 13.4. The van der Waals surface area contributed by atoms with Gasteiger partial charge < -0.3 is 14.8 Å². The molecular weight excluding hydrogens is 352 g/mol. The van der Waals surface area contributed by atoms with Crippen molar-refractivity contribution in [1.29, 1.82) is 0 Å². The summed E-state index contributed by atoms with van der Waals surface area (Å²) in [4.78, 5) is 32.5. The van der Waals surface area contributed by atoms with Gasteiger partial charge in [0.25, 0.3) is 11.8 Å². The maximum absolute atomic E-state index is 13.4. The minimum atomic E-state index is -0.212. The van der Waals surface area contributed by atoms with Crippen LogP contribution in [0, 0.1) is 0 Å². The van der Waals surface area contributed by atoms with Crippen molar-refractivity contribution in [3.8, 4) is 0 Å². The van der Waals surface area contributed by atoms with Gasteiger partial charge in [0.2, 0.25) is 0 Å². The molecule has 0 spiro atoms. The highest BCUT2D eigenvalue weighted by atomic mass is 16.2. The molecule has 1 aliphatic rings. The van der Waals surface area contributed by atoms with Gasteiger partial charge in [0.1, 0.15) is 5.69 Å². The zero-order valence-corrected chi connectivity index (χ0v) is 17.2. The number of hydrogen-bond donors (Lipinski definition) is 1. The van der Waals surface area contributed by atoms with Crippen LogP contribution in [0.15, 0.2) is 30.3 Å². The lowest BCUT2D eigenvalue weighted by molar-refractivity contribution is 0.0683. The van der Waals surface area contributed by atoms with Crippen LogP contribution in [0.4, 0.5) is 0 Å². The van der Waals surface area contributed by atoms with E-state index in [1.807, 2.05) is 67.5 Å². The summed E-state index contributed by atoms with van der Waals surface area (Å²) in [6.07, 6.45) is 2.79. The first-order valence-electron chi connectivity index (χ1n) is 10.1. The summed E-state index contributed by atoms with van der Waals surface area (Å²) in [5, 5.41) is 2.91. The monoisotopic (exact) mass is 382 g/mol. The molecule has 1 aromatic carbocycles. The first kappa shape index (κ1) is 20.1. The van der Waals surface area contributed by atoms with Crippen LogP contribution < -0.4 is 5.32 Å². The fourth-order valence-electron chi connectivity index (χ4n) is 3.62. The maximum atomic E-state index is 13.4. The minimum Gasteiger partial charge on any atom is -0.347 e. The Hall–Kier alpha value is -2.63. The molecule has 0 saturated carbocycles. The summed E-state index contributed by atoms with van der Waals surface area (Å²) in [5.41, 5.74) is 2.40. The fourth-order valence-corrected chi connectivity index (χ4v) is 3.62. The molecule has 0 unspecified atom stereocenters. The molecule has 0 aliphatic carbocycles. The number of imidazole rings is 1. The van der Waals surface area contributed by atoms with Crippen LogP contribution in [0.3, 0.4) is 0 Å². The molecule has 3 rings (SSSR count). The third kappa shape index (κ3) is 4.26. The van der Waals surface area contributed by atoms with Crippen molar-refractivity contribution in [3.05, 3.63) is 53.1 Å². The van der Waals surface area contributed by atoms with Crippen LogP contribution in [0.2, 0.25) is 0 Å². The van der Waals surface area contributed by atoms with Crippen molar-refractivity contribution < 1.29 is 9.59 Å². The first-order valence-corrected chi connectivity index (χ1v) is 10.1. The molecule has 2 heterocycles. The normalized spacial score (nSPS) is 13.5. The average Bonchev–Trinajstić information content (AvgIpc) is 3.05. The lowest BCUT2D eigenvalue weighted by atomic mass is 10.1. The number of nitrogens with zero attached hydrogens (tertiary/aromatic N) is 3. The number of nitrogens with one attached hydrogen (secondary N) is 1. The number of benzene rings is 1. The fraction of sp³-hybridized carbons (Fsp3) is 0.500. The highest BCUT2D eigenvalue weighted by Gasteiger charge is 2.31. The Kier molecular flexibility index (Phi) is 6.17. The van der Waals surface area contributed by atoms with E-state index in [1.165, 1.54) is 0 Å². The van der Waals surface area contributed by atoms with Crippen molar-refractivity contribution in [3.63, 3.8) is 0 Å². The highest BCUT2D eigenvalue weighted by Crippen LogP contribution is 2.24. The Bertz CT molecular complexity index is 840. The lowest BCUT2D eigenvalue weighted by Crippen LogP contribution is -2.37. The van der Waals surface area contributed by atoms with Crippen molar-refractivity contribution in [2.45, 2.75) is 72.1 Å². The molecule has 1 aromatic heterocycles. The number of aromatic nitrogens is 2. The zero-order valence-electron chi connectivity index (χ0n) is 17.2. The largest absolute Gasteiger partial charge is 0.347 e. The summed E-state index contributed by atoms with van der Waals surface area (Å²) in [6, 6.07) is 10.0. The molecule has 6 nitrogen and oxygen atoms in total. The van der Waals surface area contributed by atoms with Crippen LogP contribution in [-0.4, -0.2) is 38.3 Å². The van der Waals surface area contributed by atoms with Crippen molar-refractivity contribution in [2.24, 2.45) is 0 Å². The smallest absolute Gasteiger partial charge is 0.287 e. The Balaban J connectivity index is 1.95. The van der Waals surface area contributed by atoms with Crippen molar-refractivity contribution >= 4 is 11.8 Å². The predicted octanol–water partition coefficient (Wildman–Crippen LogP) is 3.41. The summed E-state index contributed by atoms with van der Waals surface area (Å²) in [5.74, 6) is 0.0413. The van der Waals surface area contributed by atoms with Crippen LogP contribution in [0.5, 0.6) is 0 Å². The Morgan fingerprint density at radius 1 is 1.14 bits per heavy atom. The van der Waals surface area contributed by atoms with E-state index in [1.54, 1.807) is 0 Å². The van der Waals surface area contributed by atoms with E-state index in [2.05, 4.69) is 10.3 Å². The van der Waals surface area contributed by atoms with E-state index in [0.717, 1.165) is 37.1 Å². The third-order valence-corrected chi connectivity index (χ3v) is 5.02. The minimum absolute atomic E-state index is 0.0217. The average molecular weight is 383 g/mol. The van der Waals surface area contributed by atoms with Gasteiger partial charge in [0.05, 0.1) is 5.69 Å². The second-order valence-electron chi connectivity index (χ2n) is 7.98. The highest BCUT2D eigenvalue weighted by molar-refractivity contribution is 5.97. The Labute approximate surface area is 166 Å². The molecule has 0 atom stereocenters. The van der Waals surface area contributed by atoms with Crippen LogP contribution >= 0.6 is 0 Å². The van der Waals surface area contributed by atoms with Gasteiger partial charge in [0, 0.05) is 25.2 Å². The zero-order chi connectivity index (χ0) is 20.3. The van der Waals surface area contributed by atoms with Crippen LogP contribution in [-0.2, 0) is 19.5 Å². The molecule has 1 N–H and O–H groups in total. The number of hydrogen-bond acceptors (Lipinski definition) is 3. The second kappa shape index (κ2) is 8.59. The lowest BCUT2D eigenvalue weighted by Gasteiger charge is -2.27. The van der Waals surface area contributed by atoms with Crippen LogP contribution in [0.1, 0.15) is 72.9 Å². The quantitative estimate of drug-likeness (QED) is 0.832. The van der Waals surface area contributed by atoms with E-state index >= 15 is 0 Å². The van der Waals surface area contributed by atoms with Gasteiger partial charge in [0.15, 0.2) is 5.82 Å². The van der Waals surface area contributed by atoms with Crippen molar-refractivity contribution in [1.82, 2.24) is 19.8 Å². The molecule has 150 valence electrons. The van der Waals surface area contributed by atoms with E-state index in [9.17, 15) is 9.59 Å². The molecule has 6 heteroatoms. The standard InChI is InChI=1S/C22H30N4O2/c1-15(2)23-21(27)20-24-19(18-12-8-9-13-25(18)20)22(28)26(16(3)4)14-17-10-6-5-7-11-17/h5-7,10-11,15-16H,8-9,12-14H2,1-4H3,(H,23,27). The molecular formula is C22H30N4O2. The molecule has 0 radical (unpaired) electrons. The van der Waals surface area contributed by atoms with E-state index in [4.69, 9.17) is 0 Å². The third-order valence-electron chi connectivity index (χ3n) is 5.02. The van der Waals surface area contributed by atoms with E-state index in [-0.39, 0.29) is 23.9 Å². The number of fused-ring (bicyclic) bond motifs is 1. The predicted molar refractivity (Wildman–Crippen MR) is 109 cm³/mol. The van der Waals surface area contributed by atoms with Gasteiger partial charge in [-0.25, -0.2) is 4.98 Å². The molecule has 28 heavy (non-hydrogen) atoms. The van der Waals surface area contributed by atoms with E-state index in [0.29, 0.717) is 18.1 Å². The van der Waals surface area contributed by atoms with Gasteiger partial charge in [-0.1, -0.05) is 30.3 Å². The SMILES string of the molecule is CC(C)NC(=O)c1nc(C(=O)N(Cc2ccccc2)C(C)C)c2n1CCCC2. The second-order valence-corrected chi connectivity index (χ2v) is 7.98. The molecule has 0 saturated heterocycles. The summed E-state index contributed by atoms with van der Waals surface area (Å²) in [7, 11) is 0. The Morgan fingerprint density at radius 2 is 1.86 bits per heavy atom. The Morgan fingerprint density at radius 3 is 2.50 bits per heavy atom. The van der Waals surface area contributed by atoms with Gasteiger partial charge in [-0.3, -0.25) is 9.59 Å². The number of rotatable bonds is 6. The van der Waals surface area contributed by atoms with Gasteiger partial charge in [-0.15, -0.1) is 0 Å². The summed E-state index contributed by atoms with van der Waals surface area (Å²) in [6.45, 7) is 9.12. The van der Waals surface area contributed by atoms with E-state index < -0.39 is 0 Å². The summed E-state index contributed by atoms with van der Waals surface area (Å²) < 4.78 is 1.94. The molecule has 2 aromatic rings. The van der Waals surface area contributed by atoms with Crippen LogP contribution in [0.25, 0.3) is 0 Å². The maximum Gasteiger partial charge on any atom is 0.287 e. The molecule has 0 fully saturated rings. The van der Waals surface area contributed by atoms with Gasteiger partial charge in [-0.05, 0) is 52.5 Å². The molecule has 2 amide bonds. The van der Waals surface area contributed by atoms with Gasteiger partial charge in [-0.2, -0.15) is 0 Å². The topological polar surface area (TPSA) is 67.2 Å². The summed E-state index contributed by atoms with van der Waals surface area (Å²) >= 11 is 0. The van der Waals surface area contributed by atoms with Crippen molar-refractivity contribution in [2.75, 3.05) is 0 Å². The van der Waals surface area contributed by atoms with Gasteiger partial charge >= 0.3 is 0 Å².